The normalized spacial score (nSPS) is 16.9. The van der Waals surface area contributed by atoms with E-state index in [4.69, 9.17) is 5.84 Å². The lowest BCUT2D eigenvalue weighted by Gasteiger charge is -2.22. The molecule has 112 valence electrons. The van der Waals surface area contributed by atoms with Gasteiger partial charge in [-0.25, -0.2) is 10.8 Å². The first-order chi connectivity index (χ1) is 10.2. The molecule has 2 heterocycles. The minimum absolute atomic E-state index is 0.245. The third-order valence-electron chi connectivity index (χ3n) is 3.60. The van der Waals surface area contributed by atoms with Crippen molar-refractivity contribution in [2.45, 2.75) is 31.3 Å². The Bertz CT molecular complexity index is 593. The molecule has 0 aromatic carbocycles. The molecule has 0 radical (unpaired) electrons. The number of rotatable bonds is 5. The van der Waals surface area contributed by atoms with Crippen molar-refractivity contribution in [1.29, 1.82) is 0 Å². The number of aliphatic hydroxyl groups is 1. The van der Waals surface area contributed by atoms with Crippen LogP contribution in [0, 0.1) is 0 Å². The van der Waals surface area contributed by atoms with Crippen LogP contribution >= 0.6 is 0 Å². The second kappa shape index (κ2) is 5.62. The van der Waals surface area contributed by atoms with Crippen LogP contribution in [0.15, 0.2) is 18.7 Å². The molecule has 0 aliphatic heterocycles. The Balaban J connectivity index is 1.79. The van der Waals surface area contributed by atoms with E-state index in [0.717, 1.165) is 25.7 Å². The van der Waals surface area contributed by atoms with Gasteiger partial charge in [-0.3, -0.25) is 9.99 Å². The van der Waals surface area contributed by atoms with Gasteiger partial charge in [-0.2, -0.15) is 15.0 Å². The van der Waals surface area contributed by atoms with E-state index < -0.39 is 5.60 Å². The van der Waals surface area contributed by atoms with E-state index in [1.54, 1.807) is 23.3 Å². The standard InChI is InChI=1S/C12H18N8O/c13-19-10-16-9(15-7-12(21)3-1-2-4-12)17-11(18-10)20-6-5-14-8-20/h5-6,8,21H,1-4,7,13H2,(H2,15,16,17,18,19). The predicted molar refractivity (Wildman–Crippen MR) is 76.7 cm³/mol. The van der Waals surface area contributed by atoms with E-state index in [-0.39, 0.29) is 5.95 Å². The quantitative estimate of drug-likeness (QED) is 0.450. The maximum atomic E-state index is 10.3. The number of nitrogens with two attached hydrogens (primary N) is 1. The molecule has 9 heteroatoms. The molecule has 2 aromatic rings. The van der Waals surface area contributed by atoms with Crippen molar-refractivity contribution in [3.05, 3.63) is 18.7 Å². The van der Waals surface area contributed by atoms with E-state index >= 15 is 0 Å². The van der Waals surface area contributed by atoms with E-state index in [0.29, 0.717) is 18.4 Å². The molecule has 0 saturated heterocycles. The third kappa shape index (κ3) is 3.09. The van der Waals surface area contributed by atoms with Crippen LogP contribution in [0.2, 0.25) is 0 Å². The fourth-order valence-corrected chi connectivity index (χ4v) is 2.45. The van der Waals surface area contributed by atoms with E-state index in [9.17, 15) is 5.11 Å². The number of nitrogens with one attached hydrogen (secondary N) is 2. The van der Waals surface area contributed by atoms with Crippen molar-refractivity contribution in [1.82, 2.24) is 24.5 Å². The van der Waals surface area contributed by atoms with Gasteiger partial charge in [0.15, 0.2) is 0 Å². The van der Waals surface area contributed by atoms with Crippen molar-refractivity contribution in [3.63, 3.8) is 0 Å². The van der Waals surface area contributed by atoms with Gasteiger partial charge in [-0.05, 0) is 12.8 Å². The van der Waals surface area contributed by atoms with E-state index in [1.807, 2.05) is 0 Å². The molecule has 0 spiro atoms. The summed E-state index contributed by atoms with van der Waals surface area (Å²) < 4.78 is 1.65. The Morgan fingerprint density at radius 3 is 2.67 bits per heavy atom. The molecule has 9 nitrogen and oxygen atoms in total. The molecular formula is C12H18N8O. The zero-order valence-electron chi connectivity index (χ0n) is 11.5. The number of aromatic nitrogens is 5. The molecule has 0 unspecified atom stereocenters. The summed E-state index contributed by atoms with van der Waals surface area (Å²) in [6.07, 6.45) is 8.63. The highest BCUT2D eigenvalue weighted by atomic mass is 16.3. The van der Waals surface area contributed by atoms with Gasteiger partial charge in [-0.1, -0.05) is 12.8 Å². The molecule has 1 aliphatic rings. The minimum Gasteiger partial charge on any atom is -0.388 e. The largest absolute Gasteiger partial charge is 0.388 e. The fourth-order valence-electron chi connectivity index (χ4n) is 2.45. The summed E-state index contributed by atoms with van der Waals surface area (Å²) in [5.41, 5.74) is 1.73. The highest BCUT2D eigenvalue weighted by Gasteiger charge is 2.31. The van der Waals surface area contributed by atoms with Crippen LogP contribution in [0.1, 0.15) is 25.7 Å². The van der Waals surface area contributed by atoms with Crippen LogP contribution in [-0.2, 0) is 0 Å². The number of hydrogen-bond acceptors (Lipinski definition) is 8. The first-order valence-electron chi connectivity index (χ1n) is 6.86. The molecular weight excluding hydrogens is 272 g/mol. The Hall–Kier alpha value is -2.26. The van der Waals surface area contributed by atoms with Crippen molar-refractivity contribution in [2.75, 3.05) is 17.3 Å². The van der Waals surface area contributed by atoms with Gasteiger partial charge in [0.25, 0.3) is 0 Å². The topological polar surface area (TPSA) is 127 Å². The van der Waals surface area contributed by atoms with Crippen molar-refractivity contribution in [3.8, 4) is 5.95 Å². The second-order valence-corrected chi connectivity index (χ2v) is 5.18. The molecule has 21 heavy (non-hydrogen) atoms. The predicted octanol–water partition coefficient (Wildman–Crippen LogP) is 0.0599. The summed E-state index contributed by atoms with van der Waals surface area (Å²) in [7, 11) is 0. The summed E-state index contributed by atoms with van der Waals surface area (Å²) in [6.45, 7) is 0.407. The molecule has 1 aliphatic carbocycles. The highest BCUT2D eigenvalue weighted by Crippen LogP contribution is 2.29. The van der Waals surface area contributed by atoms with Crippen LogP contribution in [0.25, 0.3) is 5.95 Å². The molecule has 1 fully saturated rings. The fraction of sp³-hybridized carbons (Fsp3) is 0.500. The van der Waals surface area contributed by atoms with Gasteiger partial charge in [0, 0.05) is 18.9 Å². The van der Waals surface area contributed by atoms with Crippen LogP contribution < -0.4 is 16.6 Å². The number of anilines is 2. The molecule has 0 atom stereocenters. The molecule has 1 saturated carbocycles. The molecule has 0 bridgehead atoms. The van der Waals surface area contributed by atoms with Gasteiger partial charge >= 0.3 is 0 Å². The number of hydrogen-bond donors (Lipinski definition) is 4. The maximum Gasteiger partial charge on any atom is 0.243 e. The Kier molecular flexibility index (Phi) is 3.67. The van der Waals surface area contributed by atoms with Gasteiger partial charge in [-0.15, -0.1) is 0 Å². The third-order valence-corrected chi connectivity index (χ3v) is 3.60. The monoisotopic (exact) mass is 290 g/mol. The first-order valence-corrected chi connectivity index (χ1v) is 6.86. The zero-order chi connectivity index (χ0) is 14.7. The lowest BCUT2D eigenvalue weighted by Crippen LogP contribution is -2.34. The summed E-state index contributed by atoms with van der Waals surface area (Å²) in [5, 5.41) is 13.4. The minimum atomic E-state index is -0.682. The number of nitrogen functional groups attached to an aromatic ring is 1. The van der Waals surface area contributed by atoms with Crippen LogP contribution in [0.5, 0.6) is 0 Å². The maximum absolute atomic E-state index is 10.3. The lowest BCUT2D eigenvalue weighted by atomic mass is 10.0. The second-order valence-electron chi connectivity index (χ2n) is 5.18. The summed E-state index contributed by atoms with van der Waals surface area (Å²) in [4.78, 5) is 16.5. The van der Waals surface area contributed by atoms with Crippen molar-refractivity contribution in [2.24, 2.45) is 5.84 Å². The van der Waals surface area contributed by atoms with Gasteiger partial charge in [0.2, 0.25) is 17.8 Å². The first kappa shape index (κ1) is 13.7. The van der Waals surface area contributed by atoms with Crippen molar-refractivity contribution < 1.29 is 5.11 Å². The molecule has 2 aromatic heterocycles. The average Bonchev–Trinajstić information content (AvgIpc) is 3.17. The average molecular weight is 290 g/mol. The van der Waals surface area contributed by atoms with E-state index in [2.05, 4.69) is 30.7 Å². The summed E-state index contributed by atoms with van der Waals surface area (Å²) >= 11 is 0. The summed E-state index contributed by atoms with van der Waals surface area (Å²) in [5.74, 6) is 6.39. The Morgan fingerprint density at radius 2 is 2.00 bits per heavy atom. The lowest BCUT2D eigenvalue weighted by molar-refractivity contribution is 0.0613. The smallest absolute Gasteiger partial charge is 0.243 e. The van der Waals surface area contributed by atoms with Gasteiger partial charge in [0.05, 0.1) is 5.60 Å². The Labute approximate surface area is 121 Å². The molecule has 3 rings (SSSR count). The molecule has 5 N–H and O–H groups in total. The van der Waals surface area contributed by atoms with Gasteiger partial charge < -0.3 is 10.4 Å². The Morgan fingerprint density at radius 1 is 1.24 bits per heavy atom. The van der Waals surface area contributed by atoms with Gasteiger partial charge in [0.1, 0.15) is 6.33 Å². The van der Waals surface area contributed by atoms with Crippen molar-refractivity contribution >= 4 is 11.9 Å². The number of nitrogens with zero attached hydrogens (tertiary/aromatic N) is 5. The van der Waals surface area contributed by atoms with Crippen LogP contribution in [0.3, 0.4) is 0 Å². The SMILES string of the molecule is NNc1nc(NCC2(O)CCCC2)nc(-n2ccnc2)n1. The number of hydrazine groups is 1. The van der Waals surface area contributed by atoms with Crippen LogP contribution in [0.4, 0.5) is 11.9 Å². The summed E-state index contributed by atoms with van der Waals surface area (Å²) in [6, 6.07) is 0. The number of imidazole rings is 1. The van der Waals surface area contributed by atoms with Crippen LogP contribution in [-0.4, -0.2) is 41.8 Å². The molecule has 0 amide bonds. The zero-order valence-corrected chi connectivity index (χ0v) is 11.5. The van der Waals surface area contributed by atoms with E-state index in [1.165, 1.54) is 0 Å². The highest BCUT2D eigenvalue weighted by molar-refractivity contribution is 5.37.